The van der Waals surface area contributed by atoms with Crippen molar-refractivity contribution >= 4 is 127 Å². The fourth-order valence-electron chi connectivity index (χ4n) is 18.4. The molecule has 0 saturated heterocycles. The van der Waals surface area contributed by atoms with E-state index in [1.807, 2.05) is 0 Å². The molecular weight excluding hydrogens is 1340 g/mol. The Morgan fingerprint density at radius 2 is 0.864 bits per heavy atom. The van der Waals surface area contributed by atoms with Gasteiger partial charge in [0.05, 0.1) is 17.1 Å². The van der Waals surface area contributed by atoms with E-state index in [0.717, 1.165) is 149 Å². The van der Waals surface area contributed by atoms with Gasteiger partial charge in [-0.25, -0.2) is 0 Å². The first-order valence-electron chi connectivity index (χ1n) is 38.2. The second kappa shape index (κ2) is 25.1. The molecule has 1 aliphatic heterocycles. The molecule has 5 nitrogen and oxygen atoms in total. The molecule has 3 heterocycles. The van der Waals surface area contributed by atoms with Crippen LogP contribution in [0.15, 0.2) is 379 Å². The molecule has 0 spiro atoms. The number of para-hydroxylation sites is 3. The zero-order valence-corrected chi connectivity index (χ0v) is 60.8. The molecule has 18 aromatic carbocycles. The van der Waals surface area contributed by atoms with E-state index in [9.17, 15) is 0 Å². The van der Waals surface area contributed by atoms with Crippen molar-refractivity contribution in [2.75, 3.05) is 14.7 Å². The SMILES string of the molecule is CC1(C)c2ccccc2-c2cc(N(c3cc4ccccc4cc3-c3ccc4ccccc4c3)c3cccc4c3oc3c(CN5Cc6ccccc6-c6ccccc65)cc5cc(N(c6ccccc6)c6cccc(-c7ccccc7)c6)c6ccc7c8cc(-c9ccc(-c%10ccccc%10)cc9)ccc8oc7c6c5c34)ccc21. The highest BCUT2D eigenvalue weighted by Crippen LogP contribution is 2.56. The predicted octanol–water partition coefficient (Wildman–Crippen LogP) is 29.2. The Balaban J connectivity index is 0.859. The van der Waals surface area contributed by atoms with Gasteiger partial charge in [0.15, 0.2) is 5.58 Å². The summed E-state index contributed by atoms with van der Waals surface area (Å²) < 4.78 is 15.8. The van der Waals surface area contributed by atoms with Crippen LogP contribution in [0.4, 0.5) is 39.8 Å². The standard InChI is InChI=1S/C105H71N3O2/c1-105(2)92-41-20-18-38-84(92)90-63-82(51-54-93(90)105)108(97-61-74-31-15-14-30-73(74)59-89(97)76-49-48-68-28-12-13-29-71(68)56-76)95-43-23-40-88-101-99-78(57-79(102(101)110-103(88)95)65-106-64-77-32-16-17-37-83(77)85-39-19-21-42-94(85)106)62-96(107(80-34-10-5-11-35-80)81-36-22-33-72(58-81)67-26-8-4-9-27-67)87-53-52-86-91-60-75(50-55-98(91)109-104(86)100(87)99)70-46-44-69(45-47-70)66-24-6-3-7-25-66/h3-63H,64-65H2,1-2H3. The number of fused-ring (bicyclic) bond motifs is 19. The van der Waals surface area contributed by atoms with Crippen molar-refractivity contribution in [2.45, 2.75) is 32.4 Å². The van der Waals surface area contributed by atoms with Gasteiger partial charge in [0.1, 0.15) is 16.7 Å². The van der Waals surface area contributed by atoms with Crippen LogP contribution in [-0.4, -0.2) is 0 Å². The Bertz CT molecular complexity index is 7130. The van der Waals surface area contributed by atoms with Gasteiger partial charge in [0, 0.05) is 95.6 Å². The minimum absolute atomic E-state index is 0.211. The van der Waals surface area contributed by atoms with Crippen LogP contribution in [0, 0.1) is 0 Å². The zero-order chi connectivity index (χ0) is 72.7. The number of rotatable bonds is 12. The fourth-order valence-corrected chi connectivity index (χ4v) is 18.4. The van der Waals surface area contributed by atoms with Gasteiger partial charge >= 0.3 is 0 Å². The number of furan rings is 2. The van der Waals surface area contributed by atoms with Gasteiger partial charge < -0.3 is 23.5 Å². The second-order valence-electron chi connectivity index (χ2n) is 30.2. The van der Waals surface area contributed by atoms with Gasteiger partial charge in [-0.3, -0.25) is 0 Å². The van der Waals surface area contributed by atoms with Gasteiger partial charge in [-0.15, -0.1) is 0 Å². The molecule has 0 amide bonds. The predicted molar refractivity (Wildman–Crippen MR) is 461 cm³/mol. The third kappa shape index (κ3) is 10.2. The maximum Gasteiger partial charge on any atom is 0.159 e. The van der Waals surface area contributed by atoms with Crippen LogP contribution >= 0.6 is 0 Å². The third-order valence-corrected chi connectivity index (χ3v) is 23.6. The molecule has 5 heteroatoms. The normalized spacial score (nSPS) is 12.9. The van der Waals surface area contributed by atoms with Crippen LogP contribution in [-0.2, 0) is 18.5 Å². The van der Waals surface area contributed by atoms with Crippen molar-refractivity contribution in [1.29, 1.82) is 0 Å². The van der Waals surface area contributed by atoms with Crippen LogP contribution < -0.4 is 14.7 Å². The first kappa shape index (κ1) is 63.3. The molecule has 1 aliphatic carbocycles. The average molecular weight is 1410 g/mol. The fraction of sp³-hybridized carbons (Fsp3) is 0.0476. The average Bonchev–Trinajstić information content (AvgIpc) is 1.55. The molecular formula is C105H71N3O2. The topological polar surface area (TPSA) is 36.0 Å². The van der Waals surface area contributed by atoms with Crippen molar-refractivity contribution in [3.05, 3.63) is 392 Å². The molecule has 110 heavy (non-hydrogen) atoms. The van der Waals surface area contributed by atoms with Gasteiger partial charge in [-0.1, -0.05) is 287 Å². The van der Waals surface area contributed by atoms with Crippen LogP contribution in [0.3, 0.4) is 0 Å². The first-order valence-corrected chi connectivity index (χ1v) is 38.2. The summed E-state index contributed by atoms with van der Waals surface area (Å²) in [5.41, 5.74) is 29.4. The molecule has 0 unspecified atom stereocenters. The second-order valence-corrected chi connectivity index (χ2v) is 30.2. The molecule has 0 radical (unpaired) electrons. The van der Waals surface area contributed by atoms with E-state index in [4.69, 9.17) is 8.83 Å². The number of benzene rings is 18. The van der Waals surface area contributed by atoms with E-state index in [2.05, 4.69) is 399 Å². The maximum absolute atomic E-state index is 8.20. The van der Waals surface area contributed by atoms with Gasteiger partial charge in [-0.05, 0) is 196 Å². The highest BCUT2D eigenvalue weighted by Gasteiger charge is 2.37. The lowest BCUT2D eigenvalue weighted by atomic mass is 9.82. The molecule has 0 bridgehead atoms. The van der Waals surface area contributed by atoms with E-state index in [1.54, 1.807) is 0 Å². The van der Waals surface area contributed by atoms with E-state index in [1.165, 1.54) is 66.5 Å². The summed E-state index contributed by atoms with van der Waals surface area (Å²) in [4.78, 5) is 7.53. The third-order valence-electron chi connectivity index (χ3n) is 23.6. The summed E-state index contributed by atoms with van der Waals surface area (Å²) in [6.07, 6.45) is 0. The van der Waals surface area contributed by atoms with Crippen molar-refractivity contribution in [1.82, 2.24) is 0 Å². The quantitative estimate of drug-likeness (QED) is 0.114. The molecule has 2 aliphatic rings. The van der Waals surface area contributed by atoms with Crippen molar-refractivity contribution < 1.29 is 8.83 Å². The Morgan fingerprint density at radius 1 is 0.291 bits per heavy atom. The van der Waals surface area contributed by atoms with Gasteiger partial charge in [0.25, 0.3) is 0 Å². The number of hydrogen-bond acceptors (Lipinski definition) is 5. The largest absolute Gasteiger partial charge is 0.455 e. The van der Waals surface area contributed by atoms with E-state index >= 15 is 0 Å². The summed E-state index contributed by atoms with van der Waals surface area (Å²) >= 11 is 0. The highest BCUT2D eigenvalue weighted by atomic mass is 16.3. The van der Waals surface area contributed by atoms with Crippen LogP contribution in [0.2, 0.25) is 0 Å². The first-order chi connectivity index (χ1) is 54.3. The monoisotopic (exact) mass is 1410 g/mol. The van der Waals surface area contributed by atoms with Crippen LogP contribution in [0.5, 0.6) is 0 Å². The van der Waals surface area contributed by atoms with Crippen molar-refractivity contribution in [3.8, 4) is 66.8 Å². The molecule has 0 N–H and O–H groups in total. The van der Waals surface area contributed by atoms with Crippen LogP contribution in [0.1, 0.15) is 36.1 Å². The smallest absolute Gasteiger partial charge is 0.159 e. The molecule has 0 fully saturated rings. The molecule has 518 valence electrons. The van der Waals surface area contributed by atoms with E-state index in [-0.39, 0.29) is 5.41 Å². The van der Waals surface area contributed by atoms with Crippen LogP contribution in [0.25, 0.3) is 154 Å². The maximum atomic E-state index is 8.20. The Labute approximate surface area is 637 Å². The molecule has 20 aromatic rings. The van der Waals surface area contributed by atoms with Gasteiger partial charge in [-0.2, -0.15) is 0 Å². The number of nitrogens with zero attached hydrogens (tertiary/aromatic N) is 3. The number of anilines is 7. The Hall–Kier alpha value is -14.0. The summed E-state index contributed by atoms with van der Waals surface area (Å²) in [6.45, 7) is 6.00. The number of hydrogen-bond donors (Lipinski definition) is 0. The minimum atomic E-state index is -0.211. The van der Waals surface area contributed by atoms with Crippen molar-refractivity contribution in [3.63, 3.8) is 0 Å². The summed E-state index contributed by atoms with van der Waals surface area (Å²) in [7, 11) is 0. The minimum Gasteiger partial charge on any atom is -0.455 e. The molecule has 22 rings (SSSR count). The Morgan fingerprint density at radius 3 is 1.66 bits per heavy atom. The summed E-state index contributed by atoms with van der Waals surface area (Å²) in [5.74, 6) is 0. The lowest BCUT2D eigenvalue weighted by Crippen LogP contribution is -2.26. The molecule has 2 aromatic heterocycles. The van der Waals surface area contributed by atoms with Crippen molar-refractivity contribution in [2.24, 2.45) is 0 Å². The summed E-state index contributed by atoms with van der Waals surface area (Å²) in [6, 6.07) is 137. The summed E-state index contributed by atoms with van der Waals surface area (Å²) in [5, 5.41) is 12.9. The molecule has 0 atom stereocenters. The van der Waals surface area contributed by atoms with Gasteiger partial charge in [0.2, 0.25) is 0 Å². The zero-order valence-electron chi connectivity index (χ0n) is 60.8. The Kier molecular flexibility index (Phi) is 14.4. The van der Waals surface area contributed by atoms with E-state index < -0.39 is 0 Å². The van der Waals surface area contributed by atoms with E-state index in [0.29, 0.717) is 13.1 Å². The highest BCUT2D eigenvalue weighted by molar-refractivity contribution is 6.35. The lowest BCUT2D eigenvalue weighted by molar-refractivity contribution is 0.658. The lowest BCUT2D eigenvalue weighted by Gasteiger charge is -2.33. The molecule has 0 saturated carbocycles.